The zero-order valence-electron chi connectivity index (χ0n) is 21.4. The molecule has 0 saturated carbocycles. The summed E-state index contributed by atoms with van der Waals surface area (Å²) >= 11 is 0. The standard InChI is InChI=1S/C31H34N2O3S/c1-23-28-22-25(34)15-18-29(28)33(21-7-3-6-12-30(35)32-19-8-9-20-32)31(23)24-13-16-27(17-14-24)37(36)26-10-4-2-5-11-26/h2,4-5,10-11,13-18,22,34H,3,6-9,12,19-21H2,1H3. The van der Waals surface area contributed by atoms with Crippen LogP contribution in [0.3, 0.4) is 0 Å². The SMILES string of the molecule is Cc1c(-c2ccc(S(=O)c3ccccc3)cc2)n(CCCCCC(=O)N2CCCC2)c2ccc(O)cc12. The van der Waals surface area contributed by atoms with Gasteiger partial charge >= 0.3 is 0 Å². The van der Waals surface area contributed by atoms with Crippen molar-refractivity contribution in [2.24, 2.45) is 0 Å². The highest BCUT2D eigenvalue weighted by Crippen LogP contribution is 2.36. The smallest absolute Gasteiger partial charge is 0.222 e. The molecular formula is C31H34N2O3S. The lowest BCUT2D eigenvalue weighted by atomic mass is 10.1. The highest BCUT2D eigenvalue weighted by molar-refractivity contribution is 7.85. The highest BCUT2D eigenvalue weighted by atomic mass is 32.2. The number of rotatable bonds is 9. The van der Waals surface area contributed by atoms with Crippen molar-refractivity contribution in [1.29, 1.82) is 0 Å². The molecule has 3 aromatic carbocycles. The number of amides is 1. The van der Waals surface area contributed by atoms with Gasteiger partial charge in [0.2, 0.25) is 5.91 Å². The Labute approximate surface area is 221 Å². The normalized spacial score (nSPS) is 14.4. The van der Waals surface area contributed by atoms with Gasteiger partial charge in [0.15, 0.2) is 0 Å². The van der Waals surface area contributed by atoms with Gasteiger partial charge in [-0.25, -0.2) is 4.21 Å². The minimum atomic E-state index is -1.22. The largest absolute Gasteiger partial charge is 0.508 e. The minimum absolute atomic E-state index is 0.258. The van der Waals surface area contributed by atoms with Crippen LogP contribution in [0.15, 0.2) is 82.6 Å². The maximum atomic E-state index is 13.0. The lowest BCUT2D eigenvalue weighted by Gasteiger charge is -2.15. The van der Waals surface area contributed by atoms with Crippen molar-refractivity contribution in [2.45, 2.75) is 61.8 Å². The van der Waals surface area contributed by atoms with E-state index in [4.69, 9.17) is 0 Å². The molecule has 2 heterocycles. The Kier molecular flexibility index (Phi) is 7.75. The van der Waals surface area contributed by atoms with Crippen molar-refractivity contribution < 1.29 is 14.1 Å². The Bertz CT molecular complexity index is 1400. The first-order valence-electron chi connectivity index (χ1n) is 13.2. The van der Waals surface area contributed by atoms with Crippen molar-refractivity contribution in [2.75, 3.05) is 13.1 Å². The highest BCUT2D eigenvalue weighted by Gasteiger charge is 2.19. The number of carbonyl (C=O) groups excluding carboxylic acids is 1. The molecule has 5 nitrogen and oxygen atoms in total. The summed E-state index contributed by atoms with van der Waals surface area (Å²) in [5, 5.41) is 11.2. The van der Waals surface area contributed by atoms with Crippen molar-refractivity contribution in [3.05, 3.63) is 78.4 Å². The number of carbonyl (C=O) groups is 1. The number of unbranched alkanes of at least 4 members (excludes halogenated alkanes) is 2. The maximum Gasteiger partial charge on any atom is 0.222 e. The van der Waals surface area contributed by atoms with Gasteiger partial charge in [-0.15, -0.1) is 0 Å². The van der Waals surface area contributed by atoms with E-state index in [0.717, 1.165) is 89.3 Å². The molecule has 1 aliphatic heterocycles. The lowest BCUT2D eigenvalue weighted by molar-refractivity contribution is -0.130. The fourth-order valence-electron chi connectivity index (χ4n) is 5.38. The number of likely N-dealkylation sites (tertiary alicyclic amines) is 1. The Morgan fingerprint density at radius 3 is 2.32 bits per heavy atom. The molecule has 6 heteroatoms. The van der Waals surface area contributed by atoms with Crippen LogP contribution in [0.5, 0.6) is 5.75 Å². The van der Waals surface area contributed by atoms with Crippen molar-refractivity contribution in [1.82, 2.24) is 9.47 Å². The third-order valence-electron chi connectivity index (χ3n) is 7.33. The van der Waals surface area contributed by atoms with Crippen LogP contribution in [-0.4, -0.2) is 37.8 Å². The molecule has 0 spiro atoms. The summed E-state index contributed by atoms with van der Waals surface area (Å²) in [6.07, 6.45) is 5.77. The number of benzene rings is 3. The van der Waals surface area contributed by atoms with Crippen LogP contribution in [0.4, 0.5) is 0 Å². The maximum absolute atomic E-state index is 13.0. The third kappa shape index (κ3) is 5.49. The Hall–Kier alpha value is -3.38. The number of hydrogen-bond acceptors (Lipinski definition) is 3. The summed E-state index contributed by atoms with van der Waals surface area (Å²) in [5.74, 6) is 0.553. The van der Waals surface area contributed by atoms with Crippen molar-refractivity contribution in [3.63, 3.8) is 0 Å². The van der Waals surface area contributed by atoms with Gasteiger partial charge in [-0.05, 0) is 86.2 Å². The van der Waals surface area contributed by atoms with E-state index in [2.05, 4.69) is 11.5 Å². The number of fused-ring (bicyclic) bond motifs is 1. The van der Waals surface area contributed by atoms with Gasteiger partial charge in [-0.3, -0.25) is 4.79 Å². The number of phenols is 1. The molecule has 1 fully saturated rings. The zero-order valence-corrected chi connectivity index (χ0v) is 22.2. The summed E-state index contributed by atoms with van der Waals surface area (Å²) in [4.78, 5) is 15.9. The van der Waals surface area contributed by atoms with Gasteiger partial charge in [-0.1, -0.05) is 36.8 Å². The van der Waals surface area contributed by atoms with Crippen LogP contribution in [0.2, 0.25) is 0 Å². The molecule has 4 aromatic rings. The van der Waals surface area contributed by atoms with Crippen LogP contribution < -0.4 is 0 Å². The number of nitrogens with zero attached hydrogens (tertiary/aromatic N) is 2. The molecule has 1 aliphatic rings. The fraction of sp³-hybridized carbons (Fsp3) is 0.323. The second-order valence-electron chi connectivity index (χ2n) is 9.83. The molecule has 37 heavy (non-hydrogen) atoms. The predicted octanol–water partition coefficient (Wildman–Crippen LogP) is 6.67. The molecule has 1 aromatic heterocycles. The molecule has 1 unspecified atom stereocenters. The Balaban J connectivity index is 1.35. The number of aryl methyl sites for hydroxylation is 2. The van der Waals surface area contributed by atoms with E-state index in [9.17, 15) is 14.1 Å². The molecular weight excluding hydrogens is 480 g/mol. The number of phenolic OH excluding ortho intramolecular Hbond substituents is 1. The molecule has 1 N–H and O–H groups in total. The molecule has 192 valence electrons. The molecule has 1 atom stereocenters. The number of aromatic hydroxyl groups is 1. The number of aromatic nitrogens is 1. The average Bonchev–Trinajstić information content (AvgIpc) is 3.56. The predicted molar refractivity (Wildman–Crippen MR) is 149 cm³/mol. The van der Waals surface area contributed by atoms with Crippen LogP contribution in [0, 0.1) is 6.92 Å². The summed E-state index contributed by atoms with van der Waals surface area (Å²) in [6, 6.07) is 23.0. The summed E-state index contributed by atoms with van der Waals surface area (Å²) in [7, 11) is -1.22. The Morgan fingerprint density at radius 1 is 0.892 bits per heavy atom. The second-order valence-corrected chi connectivity index (χ2v) is 11.3. The summed E-state index contributed by atoms with van der Waals surface area (Å²) < 4.78 is 15.3. The van der Waals surface area contributed by atoms with E-state index < -0.39 is 10.8 Å². The van der Waals surface area contributed by atoms with Gasteiger partial charge in [0, 0.05) is 46.7 Å². The summed E-state index contributed by atoms with van der Waals surface area (Å²) in [5.41, 5.74) is 4.39. The first kappa shape index (κ1) is 25.3. The van der Waals surface area contributed by atoms with Gasteiger partial charge in [0.05, 0.1) is 16.5 Å². The van der Waals surface area contributed by atoms with Gasteiger partial charge < -0.3 is 14.6 Å². The van der Waals surface area contributed by atoms with E-state index in [-0.39, 0.29) is 5.75 Å². The van der Waals surface area contributed by atoms with Crippen molar-refractivity contribution in [3.8, 4) is 17.0 Å². The van der Waals surface area contributed by atoms with Gasteiger partial charge in [0.1, 0.15) is 5.75 Å². The molecule has 0 radical (unpaired) electrons. The summed E-state index contributed by atoms with van der Waals surface area (Å²) in [6.45, 7) is 4.77. The van der Waals surface area contributed by atoms with E-state index in [0.29, 0.717) is 12.3 Å². The van der Waals surface area contributed by atoms with Gasteiger partial charge in [0.25, 0.3) is 0 Å². The second kappa shape index (κ2) is 11.3. The third-order valence-corrected chi connectivity index (χ3v) is 8.73. The average molecular weight is 515 g/mol. The Morgan fingerprint density at radius 2 is 1.59 bits per heavy atom. The zero-order chi connectivity index (χ0) is 25.8. The quantitative estimate of drug-likeness (QED) is 0.254. The van der Waals surface area contributed by atoms with Crippen LogP contribution in [0.1, 0.15) is 44.1 Å². The van der Waals surface area contributed by atoms with Crippen LogP contribution in [0.25, 0.3) is 22.2 Å². The van der Waals surface area contributed by atoms with E-state index in [1.807, 2.05) is 71.6 Å². The van der Waals surface area contributed by atoms with Crippen LogP contribution in [-0.2, 0) is 22.1 Å². The molecule has 1 saturated heterocycles. The topological polar surface area (TPSA) is 62.5 Å². The fourth-order valence-corrected chi connectivity index (χ4v) is 6.44. The molecule has 1 amide bonds. The molecule has 5 rings (SSSR count). The number of hydrogen-bond donors (Lipinski definition) is 1. The van der Waals surface area contributed by atoms with Gasteiger partial charge in [-0.2, -0.15) is 0 Å². The first-order chi connectivity index (χ1) is 18.0. The lowest BCUT2D eigenvalue weighted by Crippen LogP contribution is -2.27. The minimum Gasteiger partial charge on any atom is -0.508 e. The van der Waals surface area contributed by atoms with E-state index in [1.54, 1.807) is 6.07 Å². The van der Waals surface area contributed by atoms with E-state index >= 15 is 0 Å². The molecule has 0 aliphatic carbocycles. The monoisotopic (exact) mass is 514 g/mol. The first-order valence-corrected chi connectivity index (χ1v) is 14.3. The van der Waals surface area contributed by atoms with Crippen LogP contribution >= 0.6 is 0 Å². The van der Waals surface area contributed by atoms with Crippen molar-refractivity contribution >= 4 is 27.6 Å². The van der Waals surface area contributed by atoms with E-state index in [1.165, 1.54) is 0 Å². The molecule has 0 bridgehead atoms.